The van der Waals surface area contributed by atoms with Gasteiger partial charge in [0.15, 0.2) is 9.84 Å². The van der Waals surface area contributed by atoms with Crippen LogP contribution < -0.4 is 0 Å². The average Bonchev–Trinajstić information content (AvgIpc) is 2.48. The Labute approximate surface area is 86.8 Å². The van der Waals surface area contributed by atoms with Crippen molar-refractivity contribution < 1.29 is 13.3 Å². The Kier molecular flexibility index (Phi) is 3.08. The van der Waals surface area contributed by atoms with Gasteiger partial charge in [0.25, 0.3) is 0 Å². The summed E-state index contributed by atoms with van der Waals surface area (Å²) in [6.45, 7) is 1.50. The van der Waals surface area contributed by atoms with Gasteiger partial charge in [-0.05, 0) is 0 Å². The number of nitro groups is 1. The fourth-order valence-electron chi connectivity index (χ4n) is 1.08. The summed E-state index contributed by atoms with van der Waals surface area (Å²) in [7, 11) is -1.81. The van der Waals surface area contributed by atoms with Crippen LogP contribution in [0.3, 0.4) is 0 Å². The Hall–Kier alpha value is -1.44. The summed E-state index contributed by atoms with van der Waals surface area (Å²) in [4.78, 5) is 9.94. The van der Waals surface area contributed by atoms with Gasteiger partial charge in [0.1, 0.15) is 11.9 Å². The van der Waals surface area contributed by atoms with Crippen LogP contribution in [0.4, 0.5) is 5.69 Å². The zero-order valence-electron chi connectivity index (χ0n) is 8.37. The van der Waals surface area contributed by atoms with Gasteiger partial charge in [0.05, 0.1) is 10.7 Å². The molecule has 84 valence electrons. The van der Waals surface area contributed by atoms with Crippen LogP contribution >= 0.6 is 0 Å². The van der Waals surface area contributed by atoms with E-state index in [0.717, 1.165) is 6.20 Å². The number of sulfone groups is 1. The molecule has 1 heterocycles. The highest BCUT2D eigenvalue weighted by molar-refractivity contribution is 7.90. The lowest BCUT2D eigenvalue weighted by Crippen LogP contribution is -2.11. The fraction of sp³-hybridized carbons (Fsp3) is 0.571. The average molecular weight is 233 g/mol. The first-order valence-corrected chi connectivity index (χ1v) is 6.05. The minimum Gasteiger partial charge on any atom is -0.264 e. The van der Waals surface area contributed by atoms with Gasteiger partial charge in [-0.3, -0.25) is 14.8 Å². The van der Waals surface area contributed by atoms with Gasteiger partial charge in [-0.1, -0.05) is 6.92 Å². The molecule has 0 aliphatic carbocycles. The molecule has 0 saturated heterocycles. The topological polar surface area (TPSA) is 95.1 Å². The van der Waals surface area contributed by atoms with E-state index >= 15 is 0 Å². The van der Waals surface area contributed by atoms with Crippen LogP contribution in [-0.2, 0) is 22.6 Å². The summed E-state index contributed by atoms with van der Waals surface area (Å²) >= 11 is 0. The van der Waals surface area contributed by atoms with Gasteiger partial charge in [-0.15, -0.1) is 0 Å². The Morgan fingerprint density at radius 3 is 2.67 bits per heavy atom. The molecule has 15 heavy (non-hydrogen) atoms. The Morgan fingerprint density at radius 1 is 1.60 bits per heavy atom. The molecule has 1 aromatic rings. The third-order valence-electron chi connectivity index (χ3n) is 2.03. The maximum absolute atomic E-state index is 11.3. The maximum Gasteiger partial charge on any atom is 0.311 e. The number of aryl methyl sites for hydroxylation is 1. The van der Waals surface area contributed by atoms with Crippen LogP contribution in [0.2, 0.25) is 0 Å². The molecule has 0 amide bonds. The number of hydrogen-bond donors (Lipinski definition) is 0. The Balaban J connectivity index is 3.14. The van der Waals surface area contributed by atoms with E-state index in [4.69, 9.17) is 0 Å². The monoisotopic (exact) mass is 233 g/mol. The molecule has 0 saturated carbocycles. The minimum absolute atomic E-state index is 0.0463. The molecule has 0 unspecified atom stereocenters. The van der Waals surface area contributed by atoms with Crippen molar-refractivity contribution in [3.05, 3.63) is 22.0 Å². The normalized spacial score (nSPS) is 11.6. The zero-order valence-corrected chi connectivity index (χ0v) is 9.19. The van der Waals surface area contributed by atoms with Crippen molar-refractivity contribution in [3.63, 3.8) is 0 Å². The van der Waals surface area contributed by atoms with Gasteiger partial charge >= 0.3 is 5.69 Å². The molecule has 8 heteroatoms. The van der Waals surface area contributed by atoms with E-state index in [1.54, 1.807) is 0 Å². The quantitative estimate of drug-likeness (QED) is 0.549. The van der Waals surface area contributed by atoms with Crippen LogP contribution in [0, 0.1) is 10.1 Å². The largest absolute Gasteiger partial charge is 0.311 e. The fourth-order valence-corrected chi connectivity index (χ4v) is 2.04. The van der Waals surface area contributed by atoms with E-state index < -0.39 is 14.8 Å². The molecule has 1 aromatic heterocycles. The van der Waals surface area contributed by atoms with E-state index in [1.165, 1.54) is 18.7 Å². The summed E-state index contributed by atoms with van der Waals surface area (Å²) in [5.41, 5.74) is -0.142. The van der Waals surface area contributed by atoms with Crippen molar-refractivity contribution in [3.8, 4) is 0 Å². The molecule has 0 aliphatic rings. The van der Waals surface area contributed by atoms with Crippen molar-refractivity contribution in [2.45, 2.75) is 12.7 Å². The van der Waals surface area contributed by atoms with Crippen molar-refractivity contribution >= 4 is 15.5 Å². The summed E-state index contributed by atoms with van der Waals surface area (Å²) in [6, 6.07) is 0. The molecule has 0 bridgehead atoms. The van der Waals surface area contributed by atoms with E-state index in [2.05, 4.69) is 5.10 Å². The smallest absolute Gasteiger partial charge is 0.264 e. The SMILES string of the molecule is CCS(=O)(=O)Cc1c([N+](=O)[O-])cnn1C. The van der Waals surface area contributed by atoms with Crippen LogP contribution in [0.5, 0.6) is 0 Å². The highest BCUT2D eigenvalue weighted by Gasteiger charge is 2.23. The molecule has 0 atom stereocenters. The third kappa shape index (κ3) is 2.52. The predicted octanol–water partition coefficient (Wildman–Crippen LogP) is 0.263. The second kappa shape index (κ2) is 3.97. The Bertz CT molecular complexity index is 476. The first-order valence-electron chi connectivity index (χ1n) is 4.23. The second-order valence-corrected chi connectivity index (χ2v) is 5.39. The van der Waals surface area contributed by atoms with E-state index in [0.29, 0.717) is 0 Å². The summed E-state index contributed by atoms with van der Waals surface area (Å²) in [5, 5.41) is 14.2. The highest BCUT2D eigenvalue weighted by atomic mass is 32.2. The molecule has 1 rings (SSSR count). The highest BCUT2D eigenvalue weighted by Crippen LogP contribution is 2.19. The van der Waals surface area contributed by atoms with Crippen molar-refractivity contribution in [1.29, 1.82) is 0 Å². The molecule has 0 radical (unpaired) electrons. The summed E-state index contributed by atoms with van der Waals surface area (Å²) in [6.07, 6.45) is 1.06. The van der Waals surface area contributed by atoms with Gasteiger partial charge in [-0.25, -0.2) is 8.42 Å². The first-order chi connectivity index (χ1) is 6.87. The maximum atomic E-state index is 11.3. The van der Waals surface area contributed by atoms with Gasteiger partial charge in [0, 0.05) is 12.8 Å². The number of hydrogen-bond acceptors (Lipinski definition) is 5. The number of nitrogens with zero attached hydrogens (tertiary/aromatic N) is 3. The molecule has 0 fully saturated rings. The van der Waals surface area contributed by atoms with Crippen LogP contribution in [-0.4, -0.2) is 28.9 Å². The number of rotatable bonds is 4. The van der Waals surface area contributed by atoms with E-state index in [1.807, 2.05) is 0 Å². The lowest BCUT2D eigenvalue weighted by Gasteiger charge is -2.01. The first kappa shape index (κ1) is 11.6. The third-order valence-corrected chi connectivity index (χ3v) is 3.63. The molecule has 0 aromatic carbocycles. The molecular weight excluding hydrogens is 222 g/mol. The van der Waals surface area contributed by atoms with E-state index in [-0.39, 0.29) is 22.9 Å². The minimum atomic E-state index is -3.29. The van der Waals surface area contributed by atoms with Gasteiger partial charge in [0.2, 0.25) is 0 Å². The van der Waals surface area contributed by atoms with Crippen LogP contribution in [0.1, 0.15) is 12.6 Å². The van der Waals surface area contributed by atoms with E-state index in [9.17, 15) is 18.5 Å². The lowest BCUT2D eigenvalue weighted by atomic mass is 10.4. The lowest BCUT2D eigenvalue weighted by molar-refractivity contribution is -0.385. The molecule has 0 aliphatic heterocycles. The van der Waals surface area contributed by atoms with Crippen LogP contribution in [0.25, 0.3) is 0 Å². The molecule has 0 N–H and O–H groups in total. The van der Waals surface area contributed by atoms with Gasteiger partial charge in [-0.2, -0.15) is 5.10 Å². The predicted molar refractivity (Wildman–Crippen MR) is 53.0 cm³/mol. The summed E-state index contributed by atoms with van der Waals surface area (Å²) < 4.78 is 23.9. The standard InChI is InChI=1S/C7H11N3O4S/c1-3-15(13,14)5-7-6(10(11)12)4-8-9(7)2/h4H,3,5H2,1-2H3. The molecule has 0 spiro atoms. The van der Waals surface area contributed by atoms with Gasteiger partial charge < -0.3 is 0 Å². The Morgan fingerprint density at radius 2 is 2.20 bits per heavy atom. The van der Waals surface area contributed by atoms with Crippen molar-refractivity contribution in [2.75, 3.05) is 5.75 Å². The van der Waals surface area contributed by atoms with Crippen molar-refractivity contribution in [2.24, 2.45) is 7.05 Å². The zero-order chi connectivity index (χ0) is 11.6. The molecular formula is C7H11N3O4S. The molecule has 7 nitrogen and oxygen atoms in total. The second-order valence-electron chi connectivity index (χ2n) is 3.03. The van der Waals surface area contributed by atoms with Crippen molar-refractivity contribution in [1.82, 2.24) is 9.78 Å². The summed E-state index contributed by atoms with van der Waals surface area (Å²) in [5.74, 6) is -0.397. The van der Waals surface area contributed by atoms with Crippen LogP contribution in [0.15, 0.2) is 6.20 Å². The number of aromatic nitrogens is 2.